The van der Waals surface area contributed by atoms with Crippen molar-refractivity contribution in [1.29, 1.82) is 5.26 Å². The Balaban J connectivity index is 3.66. The highest BCUT2D eigenvalue weighted by Crippen LogP contribution is 2.26. The van der Waals surface area contributed by atoms with Gasteiger partial charge in [0.1, 0.15) is 17.2 Å². The standard InChI is InChI=1S/C10H6N2O5/c1-17-10(14)7-3-2-6(4-11)8(5-13)9(7)12(15)16/h2-3,5H,1H3. The summed E-state index contributed by atoms with van der Waals surface area (Å²) in [5.41, 5.74) is -1.68. The Hall–Kier alpha value is -2.75. The molecule has 0 atom stereocenters. The van der Waals surface area contributed by atoms with Gasteiger partial charge in [0.05, 0.1) is 17.6 Å². The third-order valence-corrected chi connectivity index (χ3v) is 2.04. The fourth-order valence-corrected chi connectivity index (χ4v) is 1.30. The zero-order chi connectivity index (χ0) is 13.0. The summed E-state index contributed by atoms with van der Waals surface area (Å²) >= 11 is 0. The molecule has 0 spiro atoms. The lowest BCUT2D eigenvalue weighted by Gasteiger charge is -2.03. The number of ether oxygens (including phenoxy) is 1. The van der Waals surface area contributed by atoms with E-state index in [2.05, 4.69) is 4.74 Å². The van der Waals surface area contributed by atoms with Crippen molar-refractivity contribution < 1.29 is 19.2 Å². The molecule has 0 fully saturated rings. The van der Waals surface area contributed by atoms with Gasteiger partial charge in [-0.05, 0) is 12.1 Å². The molecule has 7 nitrogen and oxygen atoms in total. The molecule has 0 heterocycles. The van der Waals surface area contributed by atoms with E-state index in [1.807, 2.05) is 0 Å². The lowest BCUT2D eigenvalue weighted by atomic mass is 10.0. The van der Waals surface area contributed by atoms with Crippen molar-refractivity contribution in [1.82, 2.24) is 0 Å². The number of hydrogen-bond donors (Lipinski definition) is 0. The van der Waals surface area contributed by atoms with Crippen molar-refractivity contribution in [2.45, 2.75) is 0 Å². The van der Waals surface area contributed by atoms with Crippen LogP contribution in [0.25, 0.3) is 0 Å². The van der Waals surface area contributed by atoms with Crippen molar-refractivity contribution in [2.24, 2.45) is 0 Å². The summed E-state index contributed by atoms with van der Waals surface area (Å²) in [5.74, 6) is -0.940. The van der Waals surface area contributed by atoms with Crippen LogP contribution in [0.3, 0.4) is 0 Å². The highest BCUT2D eigenvalue weighted by Gasteiger charge is 2.27. The van der Waals surface area contributed by atoms with Crippen molar-refractivity contribution >= 4 is 17.9 Å². The van der Waals surface area contributed by atoms with E-state index in [9.17, 15) is 19.7 Å². The molecule has 0 N–H and O–H groups in total. The van der Waals surface area contributed by atoms with Crippen LogP contribution in [0.15, 0.2) is 12.1 Å². The quantitative estimate of drug-likeness (QED) is 0.334. The first-order chi connectivity index (χ1) is 8.06. The predicted octanol–water partition coefficient (Wildman–Crippen LogP) is 1.07. The van der Waals surface area contributed by atoms with Gasteiger partial charge in [0.25, 0.3) is 5.69 Å². The number of esters is 1. The van der Waals surface area contributed by atoms with Gasteiger partial charge in [-0.2, -0.15) is 5.26 Å². The zero-order valence-electron chi connectivity index (χ0n) is 8.67. The number of nitro benzene ring substituents is 1. The van der Waals surface area contributed by atoms with E-state index >= 15 is 0 Å². The van der Waals surface area contributed by atoms with Gasteiger partial charge in [-0.3, -0.25) is 14.9 Å². The molecule has 0 amide bonds. The summed E-state index contributed by atoms with van der Waals surface area (Å²) in [4.78, 5) is 32.0. The van der Waals surface area contributed by atoms with Crippen molar-refractivity contribution in [2.75, 3.05) is 7.11 Å². The molecule has 1 rings (SSSR count). The molecule has 0 aliphatic carbocycles. The van der Waals surface area contributed by atoms with Crippen molar-refractivity contribution in [3.63, 3.8) is 0 Å². The molecule has 0 saturated heterocycles. The van der Waals surface area contributed by atoms with Crippen molar-refractivity contribution in [3.05, 3.63) is 38.9 Å². The molecular formula is C10H6N2O5. The van der Waals surface area contributed by atoms with Gasteiger partial charge in [0.2, 0.25) is 0 Å². The number of hydrogen-bond acceptors (Lipinski definition) is 6. The SMILES string of the molecule is COC(=O)c1ccc(C#N)c(C=O)c1[N+](=O)[O-]. The highest BCUT2D eigenvalue weighted by atomic mass is 16.6. The van der Waals surface area contributed by atoms with Crippen LogP contribution in [0.1, 0.15) is 26.3 Å². The molecule has 0 aliphatic rings. The minimum Gasteiger partial charge on any atom is -0.465 e. The number of carbonyl (C=O) groups excluding carboxylic acids is 2. The number of nitriles is 1. The third kappa shape index (κ3) is 2.10. The van der Waals surface area contributed by atoms with Gasteiger partial charge in [-0.15, -0.1) is 0 Å². The summed E-state index contributed by atoms with van der Waals surface area (Å²) in [6.45, 7) is 0. The average Bonchev–Trinajstić information content (AvgIpc) is 2.35. The number of nitrogens with zero attached hydrogens (tertiary/aromatic N) is 2. The number of aldehydes is 1. The maximum absolute atomic E-state index is 11.3. The second-order valence-corrected chi connectivity index (χ2v) is 2.90. The molecule has 7 heteroatoms. The average molecular weight is 234 g/mol. The molecule has 86 valence electrons. The first-order valence-electron chi connectivity index (χ1n) is 4.31. The maximum atomic E-state index is 11.3. The fourth-order valence-electron chi connectivity index (χ4n) is 1.30. The second kappa shape index (κ2) is 4.85. The van der Waals surface area contributed by atoms with E-state index in [4.69, 9.17) is 5.26 Å². The van der Waals surface area contributed by atoms with Crippen LogP contribution in [0.2, 0.25) is 0 Å². The van der Waals surface area contributed by atoms with Gasteiger partial charge >= 0.3 is 5.97 Å². The Morgan fingerprint density at radius 3 is 2.65 bits per heavy atom. The Morgan fingerprint density at radius 2 is 2.24 bits per heavy atom. The molecule has 17 heavy (non-hydrogen) atoms. The van der Waals surface area contributed by atoms with E-state index in [0.29, 0.717) is 0 Å². The largest absolute Gasteiger partial charge is 0.465 e. The highest BCUT2D eigenvalue weighted by molar-refractivity contribution is 5.99. The predicted molar refractivity (Wildman–Crippen MR) is 54.5 cm³/mol. The van der Waals surface area contributed by atoms with Crippen molar-refractivity contribution in [3.8, 4) is 6.07 Å². The van der Waals surface area contributed by atoms with Crippen LogP contribution in [0, 0.1) is 21.4 Å². The van der Waals surface area contributed by atoms with E-state index in [1.165, 1.54) is 0 Å². The molecular weight excluding hydrogens is 228 g/mol. The normalized spacial score (nSPS) is 9.18. The summed E-state index contributed by atoms with van der Waals surface area (Å²) in [6, 6.07) is 3.87. The molecule has 0 bridgehead atoms. The Bertz CT molecular complexity index is 544. The summed E-state index contributed by atoms with van der Waals surface area (Å²) in [7, 11) is 1.06. The Kier molecular flexibility index (Phi) is 3.51. The second-order valence-electron chi connectivity index (χ2n) is 2.90. The monoisotopic (exact) mass is 234 g/mol. The van der Waals surface area contributed by atoms with E-state index in [-0.39, 0.29) is 17.4 Å². The molecule has 1 aromatic rings. The van der Waals surface area contributed by atoms with Gasteiger partial charge in [0.15, 0.2) is 6.29 Å². The van der Waals surface area contributed by atoms with Crippen LogP contribution in [0.5, 0.6) is 0 Å². The molecule has 0 aromatic heterocycles. The number of nitro groups is 1. The fraction of sp³-hybridized carbons (Fsp3) is 0.100. The van der Waals surface area contributed by atoms with Crippen LogP contribution in [-0.2, 0) is 4.74 Å². The molecule has 1 aromatic carbocycles. The lowest BCUT2D eigenvalue weighted by molar-refractivity contribution is -0.385. The first-order valence-corrected chi connectivity index (χ1v) is 4.31. The van der Waals surface area contributed by atoms with Crippen LogP contribution >= 0.6 is 0 Å². The smallest absolute Gasteiger partial charge is 0.344 e. The molecule has 0 aliphatic heterocycles. The minimum absolute atomic E-state index is 0.167. The van der Waals surface area contributed by atoms with Gasteiger partial charge in [-0.1, -0.05) is 0 Å². The minimum atomic E-state index is -0.940. The number of rotatable bonds is 3. The lowest BCUT2D eigenvalue weighted by Crippen LogP contribution is -2.09. The topological polar surface area (TPSA) is 110 Å². The van der Waals surface area contributed by atoms with Crippen LogP contribution in [-0.4, -0.2) is 24.3 Å². The summed E-state index contributed by atoms with van der Waals surface area (Å²) in [5, 5.41) is 19.5. The van der Waals surface area contributed by atoms with Gasteiger partial charge < -0.3 is 4.74 Å². The number of benzene rings is 1. The molecule has 0 radical (unpaired) electrons. The third-order valence-electron chi connectivity index (χ3n) is 2.04. The number of methoxy groups -OCH3 is 1. The molecule has 0 unspecified atom stereocenters. The summed E-state index contributed by atoms with van der Waals surface area (Å²) in [6.07, 6.45) is 0.170. The van der Waals surface area contributed by atoms with E-state index in [1.54, 1.807) is 6.07 Å². The number of carbonyl (C=O) groups is 2. The molecule has 0 saturated carbocycles. The Labute approximate surface area is 95.4 Å². The van der Waals surface area contributed by atoms with E-state index in [0.717, 1.165) is 19.2 Å². The van der Waals surface area contributed by atoms with Gasteiger partial charge in [-0.25, -0.2) is 4.79 Å². The van der Waals surface area contributed by atoms with Gasteiger partial charge in [0, 0.05) is 0 Å². The maximum Gasteiger partial charge on any atom is 0.344 e. The van der Waals surface area contributed by atoms with E-state index < -0.39 is 22.1 Å². The van der Waals surface area contributed by atoms with Crippen LogP contribution < -0.4 is 0 Å². The zero-order valence-corrected chi connectivity index (χ0v) is 8.67. The summed E-state index contributed by atoms with van der Waals surface area (Å²) < 4.78 is 4.36. The van der Waals surface area contributed by atoms with Crippen LogP contribution in [0.4, 0.5) is 5.69 Å². The first kappa shape index (κ1) is 12.3. The Morgan fingerprint density at radius 1 is 1.59 bits per heavy atom.